The number of carbonyl (C=O) groups is 2. The van der Waals surface area contributed by atoms with Gasteiger partial charge in [-0.1, -0.05) is 46.3 Å². The van der Waals surface area contributed by atoms with Gasteiger partial charge in [0.25, 0.3) is 0 Å². The summed E-state index contributed by atoms with van der Waals surface area (Å²) in [4.78, 5) is 31.0. The van der Waals surface area contributed by atoms with E-state index in [4.69, 9.17) is 9.47 Å². The van der Waals surface area contributed by atoms with Crippen LogP contribution in [-0.4, -0.2) is 38.9 Å². The van der Waals surface area contributed by atoms with Gasteiger partial charge >= 0.3 is 11.9 Å². The highest BCUT2D eigenvalue weighted by molar-refractivity contribution is 9.10. The van der Waals surface area contributed by atoms with E-state index in [0.29, 0.717) is 18.6 Å². The minimum absolute atomic E-state index is 0.0959. The topological polar surface area (TPSA) is 59.1 Å². The predicted octanol–water partition coefficient (Wildman–Crippen LogP) is 5.46. The van der Waals surface area contributed by atoms with Crippen molar-refractivity contribution in [2.45, 2.75) is 31.0 Å². The predicted molar refractivity (Wildman–Crippen MR) is 139 cm³/mol. The minimum Gasteiger partial charge on any atom is -0.467 e. The number of methoxy groups -OCH3 is 1. The van der Waals surface area contributed by atoms with Gasteiger partial charge in [-0.25, -0.2) is 9.59 Å². The standard InChI is InChI=1S/C28H27BrN2O4/c1-4-35-26(32)18-10-15-24-22(16-18)23-17-25(30(24)2)31(21-13-11-20(29)12-14-21)28(23,27(33)34-3)19-8-6-5-7-9-19/h5-16,23,25H,4,17H2,1-3H3/t23-,25-,28-/m0/s1. The van der Waals surface area contributed by atoms with Crippen LogP contribution in [0.1, 0.15) is 40.7 Å². The summed E-state index contributed by atoms with van der Waals surface area (Å²) in [6.07, 6.45) is 0.594. The van der Waals surface area contributed by atoms with Crippen LogP contribution in [0.25, 0.3) is 0 Å². The van der Waals surface area contributed by atoms with E-state index in [1.165, 1.54) is 7.11 Å². The molecule has 7 heteroatoms. The van der Waals surface area contributed by atoms with Crippen molar-refractivity contribution in [3.63, 3.8) is 0 Å². The molecule has 0 spiro atoms. The highest BCUT2D eigenvalue weighted by Crippen LogP contribution is 2.59. The monoisotopic (exact) mass is 534 g/mol. The highest BCUT2D eigenvalue weighted by Gasteiger charge is 2.64. The zero-order valence-corrected chi connectivity index (χ0v) is 21.5. The van der Waals surface area contributed by atoms with Gasteiger partial charge in [0, 0.05) is 28.8 Å². The number of anilines is 2. The van der Waals surface area contributed by atoms with Crippen LogP contribution in [0.5, 0.6) is 0 Å². The van der Waals surface area contributed by atoms with Gasteiger partial charge in [0.1, 0.15) is 6.17 Å². The van der Waals surface area contributed by atoms with Crippen LogP contribution >= 0.6 is 15.9 Å². The maximum atomic E-state index is 14.0. The van der Waals surface area contributed by atoms with Crippen LogP contribution in [0.15, 0.2) is 77.3 Å². The summed E-state index contributed by atoms with van der Waals surface area (Å²) in [7, 11) is 3.47. The fourth-order valence-corrected chi connectivity index (χ4v) is 6.02. The zero-order valence-electron chi connectivity index (χ0n) is 19.9. The fraction of sp³-hybridized carbons (Fsp3) is 0.286. The second-order valence-corrected chi connectivity index (χ2v) is 9.76. The van der Waals surface area contributed by atoms with Crippen LogP contribution < -0.4 is 9.80 Å². The molecule has 2 bridgehead atoms. The van der Waals surface area contributed by atoms with Gasteiger partial charge in [-0.15, -0.1) is 0 Å². The molecular weight excluding hydrogens is 508 g/mol. The SMILES string of the molecule is CCOC(=O)c1ccc2c(c1)[C@@H]1C[C@@H](N2C)N(c2ccc(Br)cc2)[C@@]1(C(=O)OC)c1ccccc1. The largest absolute Gasteiger partial charge is 0.467 e. The molecule has 3 atom stereocenters. The number of benzene rings is 3. The number of rotatable bonds is 5. The van der Waals surface area contributed by atoms with Crippen molar-refractivity contribution < 1.29 is 19.1 Å². The lowest BCUT2D eigenvalue weighted by atomic mass is 9.73. The molecule has 3 aromatic carbocycles. The molecule has 0 radical (unpaired) electrons. The van der Waals surface area contributed by atoms with E-state index in [-0.39, 0.29) is 24.0 Å². The summed E-state index contributed by atoms with van der Waals surface area (Å²) in [5, 5.41) is 0. The van der Waals surface area contributed by atoms with Crippen molar-refractivity contribution in [1.29, 1.82) is 0 Å². The molecule has 6 nitrogen and oxygen atoms in total. The number of nitrogens with zero attached hydrogens (tertiary/aromatic N) is 2. The van der Waals surface area contributed by atoms with Crippen LogP contribution in [0.2, 0.25) is 0 Å². The maximum Gasteiger partial charge on any atom is 0.338 e. The van der Waals surface area contributed by atoms with Crippen LogP contribution in [0.3, 0.4) is 0 Å². The van der Waals surface area contributed by atoms with E-state index in [0.717, 1.165) is 27.0 Å². The Morgan fingerprint density at radius 3 is 2.43 bits per heavy atom. The Morgan fingerprint density at radius 2 is 1.77 bits per heavy atom. The van der Waals surface area contributed by atoms with Crippen LogP contribution in [0, 0.1) is 0 Å². The summed E-state index contributed by atoms with van der Waals surface area (Å²) in [6.45, 7) is 2.09. The van der Waals surface area contributed by atoms with Gasteiger partial charge in [0.05, 0.1) is 19.3 Å². The van der Waals surface area contributed by atoms with Crippen molar-refractivity contribution in [2.75, 3.05) is 30.6 Å². The number of carbonyl (C=O) groups excluding carboxylic acids is 2. The quantitative estimate of drug-likeness (QED) is 0.405. The van der Waals surface area contributed by atoms with Crippen LogP contribution in [-0.2, 0) is 19.8 Å². The zero-order chi connectivity index (χ0) is 24.7. The Kier molecular flexibility index (Phi) is 6.05. The molecule has 2 heterocycles. The van der Waals surface area contributed by atoms with Crippen molar-refractivity contribution in [2.24, 2.45) is 0 Å². The summed E-state index contributed by atoms with van der Waals surface area (Å²) < 4.78 is 11.8. The normalized spacial score (nSPS) is 22.5. The molecule has 0 aromatic heterocycles. The number of ether oxygens (including phenoxy) is 2. The van der Waals surface area contributed by atoms with E-state index in [9.17, 15) is 9.59 Å². The first kappa shape index (κ1) is 23.4. The Balaban J connectivity index is 1.80. The van der Waals surface area contributed by atoms with Crippen molar-refractivity contribution in [1.82, 2.24) is 0 Å². The summed E-state index contributed by atoms with van der Waals surface area (Å²) in [6, 6.07) is 23.5. The number of hydrogen-bond acceptors (Lipinski definition) is 6. The fourth-order valence-electron chi connectivity index (χ4n) is 5.75. The van der Waals surface area contributed by atoms with E-state index in [1.54, 1.807) is 13.0 Å². The molecule has 0 amide bonds. The number of halogens is 1. The maximum absolute atomic E-state index is 14.0. The Hall–Kier alpha value is -3.32. The molecule has 0 aliphatic carbocycles. The molecular formula is C28H27BrN2O4. The molecule has 180 valence electrons. The smallest absolute Gasteiger partial charge is 0.338 e. The van der Waals surface area contributed by atoms with Gasteiger partial charge in [0.15, 0.2) is 5.54 Å². The molecule has 0 unspecified atom stereocenters. The molecule has 35 heavy (non-hydrogen) atoms. The molecule has 2 aliphatic rings. The highest BCUT2D eigenvalue weighted by atomic mass is 79.9. The summed E-state index contributed by atoms with van der Waals surface area (Å²) in [5.74, 6) is -0.945. The molecule has 3 aromatic rings. The van der Waals surface area contributed by atoms with Gasteiger partial charge in [-0.05, 0) is 66.9 Å². The first-order chi connectivity index (χ1) is 16.9. The molecule has 1 saturated heterocycles. The van der Waals surface area contributed by atoms with E-state index in [2.05, 4.69) is 25.7 Å². The van der Waals surface area contributed by atoms with E-state index in [1.807, 2.05) is 73.8 Å². The lowest BCUT2D eigenvalue weighted by molar-refractivity contribution is -0.148. The summed E-state index contributed by atoms with van der Waals surface area (Å²) in [5.41, 5.74) is 3.05. The molecule has 1 fully saturated rings. The third-order valence-corrected chi connectivity index (χ3v) is 7.71. The number of hydrogen-bond donors (Lipinski definition) is 0. The summed E-state index contributed by atoms with van der Waals surface area (Å²) >= 11 is 3.53. The lowest BCUT2D eigenvalue weighted by Gasteiger charge is -2.43. The van der Waals surface area contributed by atoms with Crippen LogP contribution in [0.4, 0.5) is 11.4 Å². The third-order valence-electron chi connectivity index (χ3n) is 7.19. The Bertz CT molecular complexity index is 1260. The number of esters is 2. The van der Waals surface area contributed by atoms with Crippen molar-refractivity contribution in [3.8, 4) is 0 Å². The Morgan fingerprint density at radius 1 is 1.06 bits per heavy atom. The second-order valence-electron chi connectivity index (χ2n) is 8.84. The molecule has 2 aliphatic heterocycles. The molecule has 5 rings (SSSR count). The third kappa shape index (κ3) is 3.52. The molecule has 0 saturated carbocycles. The van der Waals surface area contributed by atoms with Gasteiger partial charge in [-0.3, -0.25) is 0 Å². The average molecular weight is 535 g/mol. The second kappa shape index (κ2) is 9.04. The first-order valence-electron chi connectivity index (χ1n) is 11.7. The molecule has 0 N–H and O–H groups in total. The minimum atomic E-state index is -1.12. The first-order valence-corrected chi connectivity index (χ1v) is 12.5. The van der Waals surface area contributed by atoms with E-state index < -0.39 is 5.54 Å². The lowest BCUT2D eigenvalue weighted by Crippen LogP contribution is -2.55. The van der Waals surface area contributed by atoms with Gasteiger partial charge in [-0.2, -0.15) is 0 Å². The van der Waals surface area contributed by atoms with Crippen molar-refractivity contribution in [3.05, 3.63) is 94.0 Å². The number of fused-ring (bicyclic) bond motifs is 4. The van der Waals surface area contributed by atoms with E-state index >= 15 is 0 Å². The van der Waals surface area contributed by atoms with Crippen molar-refractivity contribution >= 4 is 39.2 Å². The Labute approximate surface area is 213 Å². The van der Waals surface area contributed by atoms with Gasteiger partial charge < -0.3 is 19.3 Å². The van der Waals surface area contributed by atoms with Gasteiger partial charge in [0.2, 0.25) is 0 Å². The average Bonchev–Trinajstić information content (AvgIpc) is 3.21.